The third-order valence-corrected chi connectivity index (χ3v) is 3.93. The number of hydrogen-bond donors (Lipinski definition) is 0. The van der Waals surface area contributed by atoms with Crippen LogP contribution in [0.25, 0.3) is 0 Å². The molecule has 0 spiro atoms. The maximum atomic E-state index is 12.1. The monoisotopic (exact) mass is 316 g/mol. The number of ether oxygens (including phenoxy) is 1. The van der Waals surface area contributed by atoms with Crippen molar-refractivity contribution in [1.82, 2.24) is 9.88 Å². The van der Waals surface area contributed by atoms with E-state index in [0.717, 1.165) is 31.6 Å². The number of nitrogens with zero attached hydrogens (tertiary/aromatic N) is 4. The molecule has 2 heterocycles. The minimum Gasteiger partial charge on any atom is -0.444 e. The second-order valence-electron chi connectivity index (χ2n) is 6.79. The number of aromatic nitrogens is 1. The molecule has 0 atom stereocenters. The number of rotatable bonds is 2. The average molecular weight is 316 g/mol. The molecule has 1 fully saturated rings. The van der Waals surface area contributed by atoms with E-state index in [-0.39, 0.29) is 12.1 Å². The van der Waals surface area contributed by atoms with Crippen molar-refractivity contribution in [2.24, 2.45) is 0 Å². The summed E-state index contributed by atoms with van der Waals surface area (Å²) in [4.78, 5) is 20.1. The van der Waals surface area contributed by atoms with Gasteiger partial charge in [-0.25, -0.2) is 9.78 Å². The molecule has 0 aliphatic carbocycles. The Kier molecular flexibility index (Phi) is 5.09. The van der Waals surface area contributed by atoms with Crippen LogP contribution in [0, 0.1) is 11.3 Å². The largest absolute Gasteiger partial charge is 0.444 e. The van der Waals surface area contributed by atoms with Gasteiger partial charge in [0.15, 0.2) is 5.69 Å². The van der Waals surface area contributed by atoms with E-state index in [4.69, 9.17) is 10.00 Å². The molecule has 0 N–H and O–H groups in total. The van der Waals surface area contributed by atoms with Crippen molar-refractivity contribution in [2.45, 2.75) is 45.3 Å². The van der Waals surface area contributed by atoms with Gasteiger partial charge in [-0.2, -0.15) is 5.26 Å². The van der Waals surface area contributed by atoms with Crippen LogP contribution in [-0.2, 0) is 4.74 Å². The van der Waals surface area contributed by atoms with Gasteiger partial charge in [-0.15, -0.1) is 0 Å². The second-order valence-corrected chi connectivity index (χ2v) is 6.79. The number of piperidine rings is 1. The van der Waals surface area contributed by atoms with E-state index in [0.29, 0.717) is 5.69 Å². The molecule has 1 aromatic rings. The van der Waals surface area contributed by atoms with Gasteiger partial charge < -0.3 is 14.5 Å². The molecule has 0 radical (unpaired) electrons. The molecular weight excluding hydrogens is 292 g/mol. The highest BCUT2D eigenvalue weighted by Gasteiger charge is 2.29. The molecule has 1 saturated heterocycles. The molecule has 1 aliphatic rings. The number of pyridine rings is 1. The molecule has 6 nitrogen and oxygen atoms in total. The van der Waals surface area contributed by atoms with Crippen molar-refractivity contribution in [3.63, 3.8) is 0 Å². The Hall–Kier alpha value is -2.29. The van der Waals surface area contributed by atoms with E-state index in [9.17, 15) is 4.79 Å². The Morgan fingerprint density at radius 2 is 2.09 bits per heavy atom. The summed E-state index contributed by atoms with van der Waals surface area (Å²) in [5.74, 6) is 0. The van der Waals surface area contributed by atoms with E-state index in [1.807, 2.05) is 32.9 Å². The molecule has 2 rings (SSSR count). The van der Waals surface area contributed by atoms with Crippen molar-refractivity contribution in [3.05, 3.63) is 24.0 Å². The van der Waals surface area contributed by atoms with Gasteiger partial charge in [-0.3, -0.25) is 0 Å². The van der Waals surface area contributed by atoms with Gasteiger partial charge in [0.1, 0.15) is 11.7 Å². The Labute approximate surface area is 137 Å². The van der Waals surface area contributed by atoms with E-state index >= 15 is 0 Å². The number of hydrogen-bond acceptors (Lipinski definition) is 5. The first-order chi connectivity index (χ1) is 10.8. The van der Waals surface area contributed by atoms with Gasteiger partial charge in [0, 0.05) is 32.4 Å². The molecule has 0 saturated carbocycles. The van der Waals surface area contributed by atoms with Crippen molar-refractivity contribution in [1.29, 1.82) is 5.26 Å². The SMILES string of the molecule is CN(C(=O)OC(C)(C)C)C1CCN(c2cccnc2C#N)CC1. The maximum absolute atomic E-state index is 12.1. The molecule has 124 valence electrons. The van der Waals surface area contributed by atoms with Gasteiger partial charge >= 0.3 is 6.09 Å². The third kappa shape index (κ3) is 4.35. The lowest BCUT2D eigenvalue weighted by Gasteiger charge is -2.38. The summed E-state index contributed by atoms with van der Waals surface area (Å²) in [5, 5.41) is 9.16. The minimum absolute atomic E-state index is 0.156. The fourth-order valence-corrected chi connectivity index (χ4v) is 2.72. The van der Waals surface area contributed by atoms with Crippen LogP contribution in [0.5, 0.6) is 0 Å². The fourth-order valence-electron chi connectivity index (χ4n) is 2.72. The lowest BCUT2D eigenvalue weighted by molar-refractivity contribution is 0.0201. The van der Waals surface area contributed by atoms with Gasteiger partial charge in [0.05, 0.1) is 5.69 Å². The van der Waals surface area contributed by atoms with E-state index in [2.05, 4.69) is 16.0 Å². The first-order valence-electron chi connectivity index (χ1n) is 7.87. The standard InChI is InChI=1S/C17H24N4O2/c1-17(2,3)23-16(22)20(4)13-7-10-21(11-8-13)15-6-5-9-19-14(15)12-18/h5-6,9,13H,7-8,10-11H2,1-4H3. The Morgan fingerprint density at radius 3 is 2.65 bits per heavy atom. The maximum Gasteiger partial charge on any atom is 0.410 e. The lowest BCUT2D eigenvalue weighted by atomic mass is 10.0. The molecule has 0 bridgehead atoms. The van der Waals surface area contributed by atoms with Gasteiger partial charge in [0.25, 0.3) is 0 Å². The number of amides is 1. The highest BCUT2D eigenvalue weighted by molar-refractivity contribution is 5.68. The molecule has 0 unspecified atom stereocenters. The van der Waals surface area contributed by atoms with Crippen LogP contribution in [0.15, 0.2) is 18.3 Å². The van der Waals surface area contributed by atoms with E-state index < -0.39 is 5.60 Å². The molecule has 6 heteroatoms. The first-order valence-corrected chi connectivity index (χ1v) is 7.87. The molecular formula is C17H24N4O2. The van der Waals surface area contributed by atoms with Crippen LogP contribution in [0.3, 0.4) is 0 Å². The summed E-state index contributed by atoms with van der Waals surface area (Å²) in [6.07, 6.45) is 3.03. The van der Waals surface area contributed by atoms with Gasteiger partial charge in [-0.05, 0) is 45.7 Å². The highest BCUT2D eigenvalue weighted by atomic mass is 16.6. The second kappa shape index (κ2) is 6.86. The summed E-state index contributed by atoms with van der Waals surface area (Å²) in [6, 6.07) is 6.05. The molecule has 1 aliphatic heterocycles. The number of anilines is 1. The van der Waals surface area contributed by atoms with Gasteiger partial charge in [-0.1, -0.05) is 0 Å². The molecule has 23 heavy (non-hydrogen) atoms. The van der Waals surface area contributed by atoms with E-state index in [1.165, 1.54) is 0 Å². The molecule has 1 aromatic heterocycles. The number of carbonyl (C=O) groups is 1. The smallest absolute Gasteiger partial charge is 0.410 e. The summed E-state index contributed by atoms with van der Waals surface area (Å²) in [5.41, 5.74) is 0.837. The third-order valence-electron chi connectivity index (χ3n) is 3.93. The number of nitriles is 1. The molecule has 1 amide bonds. The zero-order chi connectivity index (χ0) is 17.0. The minimum atomic E-state index is -0.483. The Morgan fingerprint density at radius 1 is 1.43 bits per heavy atom. The average Bonchev–Trinajstić information content (AvgIpc) is 2.52. The van der Waals surface area contributed by atoms with Gasteiger partial charge in [0.2, 0.25) is 0 Å². The van der Waals surface area contributed by atoms with Crippen LogP contribution in [-0.4, -0.2) is 47.8 Å². The topological polar surface area (TPSA) is 69.5 Å². The first kappa shape index (κ1) is 17.1. The summed E-state index contributed by atoms with van der Waals surface area (Å²) in [6.45, 7) is 7.18. The van der Waals surface area contributed by atoms with Crippen molar-refractivity contribution >= 4 is 11.8 Å². The Balaban J connectivity index is 1.96. The highest BCUT2D eigenvalue weighted by Crippen LogP contribution is 2.24. The van der Waals surface area contributed by atoms with Crippen LogP contribution in [0.4, 0.5) is 10.5 Å². The van der Waals surface area contributed by atoms with Crippen LogP contribution in [0.2, 0.25) is 0 Å². The quantitative estimate of drug-likeness (QED) is 0.839. The van der Waals surface area contributed by atoms with Crippen LogP contribution in [0.1, 0.15) is 39.3 Å². The normalized spacial score (nSPS) is 15.9. The van der Waals surface area contributed by atoms with Crippen molar-refractivity contribution in [2.75, 3.05) is 25.0 Å². The summed E-state index contributed by atoms with van der Waals surface area (Å²) < 4.78 is 5.42. The predicted molar refractivity (Wildman–Crippen MR) is 88.2 cm³/mol. The van der Waals surface area contributed by atoms with Crippen LogP contribution < -0.4 is 4.90 Å². The zero-order valence-corrected chi connectivity index (χ0v) is 14.2. The Bertz CT molecular complexity index is 595. The summed E-state index contributed by atoms with van der Waals surface area (Å²) >= 11 is 0. The van der Waals surface area contributed by atoms with Crippen molar-refractivity contribution in [3.8, 4) is 6.07 Å². The molecule has 0 aromatic carbocycles. The lowest BCUT2D eigenvalue weighted by Crippen LogP contribution is -2.47. The van der Waals surface area contributed by atoms with Crippen molar-refractivity contribution < 1.29 is 9.53 Å². The van der Waals surface area contributed by atoms with E-state index in [1.54, 1.807) is 18.1 Å². The number of carbonyl (C=O) groups excluding carboxylic acids is 1. The zero-order valence-electron chi connectivity index (χ0n) is 14.2. The fraction of sp³-hybridized carbons (Fsp3) is 0.588. The summed E-state index contributed by atoms with van der Waals surface area (Å²) in [7, 11) is 1.79. The predicted octanol–water partition coefficient (Wildman–Crippen LogP) is 2.79. The van der Waals surface area contributed by atoms with Crippen LogP contribution >= 0.6 is 0 Å².